The second kappa shape index (κ2) is 4.33. The summed E-state index contributed by atoms with van der Waals surface area (Å²) in [5.74, 6) is -0.105. The van der Waals surface area contributed by atoms with Crippen molar-refractivity contribution in [2.75, 3.05) is 11.1 Å². The van der Waals surface area contributed by atoms with E-state index in [1.165, 1.54) is 0 Å². The summed E-state index contributed by atoms with van der Waals surface area (Å²) in [6.07, 6.45) is 0.353. The van der Waals surface area contributed by atoms with Crippen LogP contribution in [0.5, 0.6) is 5.75 Å². The van der Waals surface area contributed by atoms with Crippen LogP contribution in [0, 0.1) is 0 Å². The average Bonchev–Trinajstić information content (AvgIpc) is 2.35. The van der Waals surface area contributed by atoms with Crippen molar-refractivity contribution in [1.82, 2.24) is 0 Å². The molecule has 0 radical (unpaired) electrons. The molecule has 88 valence electrons. The number of nitrogens with two attached hydrogens (primary N) is 1. The number of anilines is 2. The molecule has 0 aliphatic carbocycles. The molecular weight excluding hydrogens is 216 g/mol. The van der Waals surface area contributed by atoms with Gasteiger partial charge in [-0.3, -0.25) is 4.79 Å². The van der Waals surface area contributed by atoms with Crippen LogP contribution in [0.2, 0.25) is 0 Å². The van der Waals surface area contributed by atoms with Crippen LogP contribution in [0.1, 0.15) is 13.3 Å². The minimum atomic E-state index is -0.157. The Labute approximate surface area is 99.1 Å². The van der Waals surface area contributed by atoms with E-state index in [1.54, 1.807) is 19.1 Å². The van der Waals surface area contributed by atoms with Crippen LogP contribution in [0.3, 0.4) is 0 Å². The van der Waals surface area contributed by atoms with Crippen molar-refractivity contribution < 1.29 is 9.90 Å². The average molecular weight is 230 g/mol. The van der Waals surface area contributed by atoms with Gasteiger partial charge >= 0.3 is 0 Å². The smallest absolute Gasteiger partial charge is 0.224 e. The van der Waals surface area contributed by atoms with Crippen molar-refractivity contribution in [1.29, 1.82) is 0 Å². The van der Waals surface area contributed by atoms with Gasteiger partial charge in [-0.05, 0) is 6.07 Å². The molecule has 0 aromatic heterocycles. The van der Waals surface area contributed by atoms with Gasteiger partial charge in [0, 0.05) is 22.9 Å². The molecule has 4 N–H and O–H groups in total. The zero-order chi connectivity index (χ0) is 12.4. The van der Waals surface area contributed by atoms with Crippen LogP contribution < -0.4 is 11.1 Å². The normalized spacial score (nSPS) is 10.4. The molecule has 4 heteroatoms. The number of amides is 1. The number of carbonyl (C=O) groups is 1. The van der Waals surface area contributed by atoms with E-state index in [0.717, 1.165) is 5.39 Å². The molecular formula is C13H14N2O2. The first-order valence-corrected chi connectivity index (χ1v) is 5.43. The molecule has 0 unspecified atom stereocenters. The van der Waals surface area contributed by atoms with E-state index in [0.29, 0.717) is 23.2 Å². The third-order valence-electron chi connectivity index (χ3n) is 2.64. The van der Waals surface area contributed by atoms with E-state index >= 15 is 0 Å². The molecule has 17 heavy (non-hydrogen) atoms. The molecule has 2 aromatic carbocycles. The lowest BCUT2D eigenvalue weighted by atomic mass is 10.1. The highest BCUT2D eigenvalue weighted by atomic mass is 16.3. The second-order valence-electron chi connectivity index (χ2n) is 3.81. The molecule has 1 amide bonds. The van der Waals surface area contributed by atoms with E-state index in [1.807, 2.05) is 18.2 Å². The maximum atomic E-state index is 11.3. The maximum absolute atomic E-state index is 11.3. The van der Waals surface area contributed by atoms with Gasteiger partial charge in [-0.1, -0.05) is 31.2 Å². The third kappa shape index (κ3) is 2.01. The zero-order valence-electron chi connectivity index (χ0n) is 9.53. The Hall–Kier alpha value is -2.23. The monoisotopic (exact) mass is 230 g/mol. The van der Waals surface area contributed by atoms with Gasteiger partial charge in [-0.15, -0.1) is 0 Å². The lowest BCUT2D eigenvalue weighted by Gasteiger charge is -2.11. The number of nitrogens with one attached hydrogen (secondary N) is 1. The number of benzene rings is 2. The molecule has 0 saturated heterocycles. The number of phenols is 1. The Kier molecular flexibility index (Phi) is 2.87. The number of aromatic hydroxyl groups is 1. The van der Waals surface area contributed by atoms with Crippen LogP contribution in [-0.2, 0) is 4.79 Å². The number of fused-ring (bicyclic) bond motifs is 1. The summed E-state index contributed by atoms with van der Waals surface area (Å²) in [6, 6.07) is 8.83. The number of rotatable bonds is 2. The molecule has 0 heterocycles. The Balaban J connectivity index is 2.58. The highest BCUT2D eigenvalue weighted by Gasteiger charge is 2.10. The van der Waals surface area contributed by atoms with E-state index in [4.69, 9.17) is 5.73 Å². The Morgan fingerprint density at radius 2 is 2.00 bits per heavy atom. The zero-order valence-corrected chi connectivity index (χ0v) is 9.53. The van der Waals surface area contributed by atoms with Crippen molar-refractivity contribution >= 4 is 28.1 Å². The molecule has 2 aromatic rings. The Bertz CT molecular complexity index is 579. The summed E-state index contributed by atoms with van der Waals surface area (Å²) in [6.45, 7) is 1.75. The Morgan fingerprint density at radius 3 is 2.65 bits per heavy atom. The van der Waals surface area contributed by atoms with Crippen LogP contribution in [-0.4, -0.2) is 11.0 Å². The summed E-state index contributed by atoms with van der Waals surface area (Å²) in [5, 5.41) is 14.1. The van der Waals surface area contributed by atoms with Gasteiger partial charge < -0.3 is 16.2 Å². The molecule has 0 fully saturated rings. The van der Waals surface area contributed by atoms with Gasteiger partial charge in [0.25, 0.3) is 0 Å². The summed E-state index contributed by atoms with van der Waals surface area (Å²) in [7, 11) is 0. The molecule has 0 saturated carbocycles. The highest BCUT2D eigenvalue weighted by molar-refractivity contribution is 6.04. The number of hydrogen-bond donors (Lipinski definition) is 3. The molecule has 4 nitrogen and oxygen atoms in total. The minimum absolute atomic E-state index is 0.0524. The predicted octanol–water partition coefficient (Wildman–Crippen LogP) is 2.48. The van der Waals surface area contributed by atoms with Crippen molar-refractivity contribution in [3.05, 3.63) is 30.3 Å². The highest BCUT2D eigenvalue weighted by Crippen LogP contribution is 2.36. The van der Waals surface area contributed by atoms with Gasteiger partial charge in [0.1, 0.15) is 5.75 Å². The predicted molar refractivity (Wildman–Crippen MR) is 68.9 cm³/mol. The first-order valence-electron chi connectivity index (χ1n) is 5.43. The van der Waals surface area contributed by atoms with E-state index in [2.05, 4.69) is 5.32 Å². The van der Waals surface area contributed by atoms with Crippen LogP contribution in [0.25, 0.3) is 10.8 Å². The number of hydrogen-bond acceptors (Lipinski definition) is 3. The standard InChI is InChI=1S/C13H14N2O2/c1-2-12(16)15-11-7-10(14)8-5-3-4-6-9(8)13(11)17/h3-7,17H,2,14H2,1H3,(H,15,16). The van der Waals surface area contributed by atoms with Gasteiger partial charge in [0.15, 0.2) is 0 Å². The van der Waals surface area contributed by atoms with Gasteiger partial charge in [0.2, 0.25) is 5.91 Å². The van der Waals surface area contributed by atoms with Crippen LogP contribution >= 0.6 is 0 Å². The lowest BCUT2D eigenvalue weighted by Crippen LogP contribution is -2.10. The van der Waals surface area contributed by atoms with E-state index in [-0.39, 0.29) is 11.7 Å². The molecule has 0 aliphatic heterocycles. The fraction of sp³-hybridized carbons (Fsp3) is 0.154. The first kappa shape index (κ1) is 11.3. The third-order valence-corrected chi connectivity index (χ3v) is 2.64. The number of carbonyl (C=O) groups excluding carboxylic acids is 1. The van der Waals surface area contributed by atoms with Crippen LogP contribution in [0.4, 0.5) is 11.4 Å². The second-order valence-corrected chi connectivity index (χ2v) is 3.81. The molecule has 0 bridgehead atoms. The molecule has 0 aliphatic rings. The topological polar surface area (TPSA) is 75.4 Å². The number of phenolic OH excluding ortho intramolecular Hbond substituents is 1. The minimum Gasteiger partial charge on any atom is -0.505 e. The van der Waals surface area contributed by atoms with E-state index < -0.39 is 0 Å². The fourth-order valence-corrected chi connectivity index (χ4v) is 1.72. The first-order chi connectivity index (χ1) is 8.13. The van der Waals surface area contributed by atoms with Crippen molar-refractivity contribution in [2.24, 2.45) is 0 Å². The fourth-order valence-electron chi connectivity index (χ4n) is 1.72. The van der Waals surface area contributed by atoms with Gasteiger partial charge in [-0.2, -0.15) is 0 Å². The van der Waals surface area contributed by atoms with E-state index in [9.17, 15) is 9.90 Å². The van der Waals surface area contributed by atoms with Gasteiger partial charge in [-0.25, -0.2) is 0 Å². The molecule has 2 rings (SSSR count). The largest absolute Gasteiger partial charge is 0.505 e. The van der Waals surface area contributed by atoms with Crippen molar-refractivity contribution in [2.45, 2.75) is 13.3 Å². The summed E-state index contributed by atoms with van der Waals surface area (Å²) >= 11 is 0. The Morgan fingerprint density at radius 1 is 1.35 bits per heavy atom. The van der Waals surface area contributed by atoms with Crippen molar-refractivity contribution in [3.8, 4) is 5.75 Å². The van der Waals surface area contributed by atoms with Crippen molar-refractivity contribution in [3.63, 3.8) is 0 Å². The maximum Gasteiger partial charge on any atom is 0.224 e. The lowest BCUT2D eigenvalue weighted by molar-refractivity contribution is -0.115. The number of nitrogen functional groups attached to an aromatic ring is 1. The van der Waals surface area contributed by atoms with Gasteiger partial charge in [0.05, 0.1) is 5.69 Å². The summed E-state index contributed by atoms with van der Waals surface area (Å²) in [5.41, 5.74) is 6.77. The quantitative estimate of drug-likeness (QED) is 0.421. The molecule has 0 atom stereocenters. The van der Waals surface area contributed by atoms with Crippen LogP contribution in [0.15, 0.2) is 30.3 Å². The SMILES string of the molecule is CCC(=O)Nc1cc(N)c2ccccc2c1O. The summed E-state index contributed by atoms with van der Waals surface area (Å²) < 4.78 is 0. The molecule has 0 spiro atoms. The summed E-state index contributed by atoms with van der Waals surface area (Å²) in [4.78, 5) is 11.3.